The second-order valence-corrected chi connectivity index (χ2v) is 26.7. The van der Waals surface area contributed by atoms with Crippen molar-refractivity contribution in [1.29, 1.82) is 0 Å². The molecule has 578 valence electrons. The van der Waals surface area contributed by atoms with Gasteiger partial charge in [-0.15, -0.1) is 0 Å². The Labute approximate surface area is 601 Å². The fraction of sp³-hybridized carbons (Fsp3) is 0.619. The number of aromatic nitrogens is 6. The second kappa shape index (κ2) is 39.2. The van der Waals surface area contributed by atoms with E-state index in [4.69, 9.17) is 17.2 Å². The van der Waals surface area contributed by atoms with Crippen LogP contribution in [0.1, 0.15) is 103 Å². The van der Waals surface area contributed by atoms with E-state index in [0.717, 1.165) is 14.7 Å². The van der Waals surface area contributed by atoms with Crippen LogP contribution in [0.3, 0.4) is 0 Å². The van der Waals surface area contributed by atoms with Gasteiger partial charge in [0.05, 0.1) is 62.9 Å². The number of likely N-dealkylation sites (tertiary alicyclic amines) is 3. The van der Waals surface area contributed by atoms with Crippen LogP contribution < -0.4 is 65.1 Å². The third kappa shape index (κ3) is 24.5. The summed E-state index contributed by atoms with van der Waals surface area (Å²) in [5, 5.41) is 84.5. The van der Waals surface area contributed by atoms with Crippen LogP contribution in [0.5, 0.6) is 0 Å². The van der Waals surface area contributed by atoms with E-state index in [1.54, 1.807) is 27.7 Å². The topological polar surface area (TPSA) is 655 Å². The van der Waals surface area contributed by atoms with Crippen LogP contribution in [0.4, 0.5) is 0 Å². The van der Waals surface area contributed by atoms with Crippen molar-refractivity contribution in [2.45, 2.75) is 196 Å². The molecule has 42 heteroatoms. The Morgan fingerprint density at radius 1 is 0.581 bits per heavy atom. The molecular weight excluding hydrogens is 1380 g/mol. The number of aliphatic hydroxyl groups excluding tert-OH is 4. The predicted octanol–water partition coefficient (Wildman–Crippen LogP) is -9.19. The SMILES string of the molecule is CC(C)C[C@H](NC(=O)[C@@H]1CCCN1C(=O)[C@H](CC(=O)O)NC(=O)[C@@H]1C[C@@H](O)CN1C(=O)CNC(=O)[C@H](CO)NC(=O)[C@@H]1C[C@@H](O)CN1C(=O)[C@@H](NC(=O)[C@@H](NC(=O)[C@@H](N)CCCN=C(N)N)[C@@H](C)O)C(C)C)C(=O)N[C@@H](Cc1cnc[nH]1)C(=O)N[C@@H](Cc1cnc[nH]1)C(=O)N[C@@H](Cc1cnc[nH]1)C(=O)O. The van der Waals surface area contributed by atoms with Gasteiger partial charge in [0.15, 0.2) is 5.96 Å². The smallest absolute Gasteiger partial charge is 0.326 e. The summed E-state index contributed by atoms with van der Waals surface area (Å²) in [5.74, 6) is -15.9. The number of rotatable bonds is 39. The Kier molecular flexibility index (Phi) is 31.1. The Morgan fingerprint density at radius 2 is 1.07 bits per heavy atom. The molecule has 0 spiro atoms. The third-order valence-electron chi connectivity index (χ3n) is 17.6. The highest BCUT2D eigenvalue weighted by molar-refractivity contribution is 6.00. The van der Waals surface area contributed by atoms with Gasteiger partial charge in [0.1, 0.15) is 66.5 Å². The molecule has 42 nitrogen and oxygen atoms in total. The molecule has 0 saturated carbocycles. The van der Waals surface area contributed by atoms with E-state index in [-0.39, 0.29) is 76.3 Å². The number of nitrogens with zero attached hydrogens (tertiary/aromatic N) is 7. The average molecular weight is 1480 g/mol. The zero-order chi connectivity index (χ0) is 77.5. The fourth-order valence-electron chi connectivity index (χ4n) is 12.1. The van der Waals surface area contributed by atoms with Crippen molar-refractivity contribution in [3.63, 3.8) is 0 Å². The summed E-state index contributed by atoms with van der Waals surface area (Å²) in [5.41, 5.74) is 17.7. The summed E-state index contributed by atoms with van der Waals surface area (Å²) >= 11 is 0. The normalized spacial score (nSPS) is 20.0. The largest absolute Gasteiger partial charge is 0.481 e. The molecule has 0 aromatic carbocycles. The van der Waals surface area contributed by atoms with Crippen LogP contribution in [0.15, 0.2) is 42.6 Å². The molecule has 0 bridgehead atoms. The van der Waals surface area contributed by atoms with Gasteiger partial charge < -0.3 is 125 Å². The summed E-state index contributed by atoms with van der Waals surface area (Å²) in [6.07, 6.45) is 1.90. The number of nitrogens with two attached hydrogens (primary N) is 3. The number of β-amino-alcohol motifs (C(OH)–C–C–N with tert-alkyl or cyclic N) is 2. The van der Waals surface area contributed by atoms with Crippen LogP contribution in [0.25, 0.3) is 0 Å². The number of guanidine groups is 1. The Hall–Kier alpha value is -10.7. The third-order valence-corrected chi connectivity index (χ3v) is 17.6. The molecule has 0 unspecified atom stereocenters. The number of carbonyl (C=O) groups excluding carboxylic acids is 12. The number of imidazole rings is 3. The number of aliphatic imine (C=N–C) groups is 1. The summed E-state index contributed by atoms with van der Waals surface area (Å²) in [4.78, 5) is 219. The zero-order valence-corrected chi connectivity index (χ0v) is 58.6. The van der Waals surface area contributed by atoms with Crippen molar-refractivity contribution in [3.8, 4) is 0 Å². The molecule has 15 atom stereocenters. The lowest BCUT2D eigenvalue weighted by molar-refractivity contribution is -0.147. The molecule has 24 N–H and O–H groups in total. The summed E-state index contributed by atoms with van der Waals surface area (Å²) in [6, 6.07) is -18.2. The van der Waals surface area contributed by atoms with Gasteiger partial charge in [0.25, 0.3) is 0 Å². The van der Waals surface area contributed by atoms with Gasteiger partial charge in [-0.25, -0.2) is 19.7 Å². The van der Waals surface area contributed by atoms with Crippen molar-refractivity contribution in [2.75, 3.05) is 39.3 Å². The van der Waals surface area contributed by atoms with Crippen LogP contribution in [0.2, 0.25) is 0 Å². The molecule has 3 aliphatic heterocycles. The van der Waals surface area contributed by atoms with E-state index in [2.05, 4.69) is 82.7 Å². The first-order chi connectivity index (χ1) is 49.6. The lowest BCUT2D eigenvalue weighted by Crippen LogP contribution is -2.61. The van der Waals surface area contributed by atoms with Crippen LogP contribution in [-0.4, -0.2) is 294 Å². The molecule has 3 aliphatic rings. The van der Waals surface area contributed by atoms with Gasteiger partial charge in [-0.2, -0.15) is 0 Å². The first-order valence-electron chi connectivity index (χ1n) is 34.1. The van der Waals surface area contributed by atoms with Crippen molar-refractivity contribution in [2.24, 2.45) is 34.0 Å². The number of H-pyrrole nitrogens is 3. The van der Waals surface area contributed by atoms with Gasteiger partial charge in [-0.3, -0.25) is 67.3 Å². The zero-order valence-electron chi connectivity index (χ0n) is 58.6. The van der Waals surface area contributed by atoms with E-state index >= 15 is 0 Å². The Morgan fingerprint density at radius 3 is 1.55 bits per heavy atom. The monoisotopic (exact) mass is 1480 g/mol. The molecule has 3 fully saturated rings. The number of amides is 12. The molecule has 6 heterocycles. The van der Waals surface area contributed by atoms with Gasteiger partial charge in [-0.1, -0.05) is 27.7 Å². The number of carbonyl (C=O) groups is 14. The number of aromatic amines is 3. The predicted molar refractivity (Wildman–Crippen MR) is 363 cm³/mol. The molecule has 12 amide bonds. The van der Waals surface area contributed by atoms with Crippen molar-refractivity contribution in [3.05, 3.63) is 54.7 Å². The average Bonchev–Trinajstić information content (AvgIpc) is 1.69. The number of hydrogen-bond acceptors (Lipinski definition) is 23. The minimum atomic E-state index is -1.90. The second-order valence-electron chi connectivity index (χ2n) is 26.7. The number of aliphatic carboxylic acids is 2. The lowest BCUT2D eigenvalue weighted by atomic mass is 10.0. The van der Waals surface area contributed by atoms with Crippen molar-refractivity contribution < 1.29 is 97.8 Å². The van der Waals surface area contributed by atoms with E-state index in [0.29, 0.717) is 23.5 Å². The van der Waals surface area contributed by atoms with Crippen LogP contribution in [-0.2, 0) is 86.4 Å². The van der Waals surface area contributed by atoms with Gasteiger partial charge in [0, 0.05) is 94.0 Å². The fourth-order valence-corrected chi connectivity index (χ4v) is 12.1. The quantitative estimate of drug-likeness (QED) is 0.0143. The summed E-state index contributed by atoms with van der Waals surface area (Å²) in [7, 11) is 0. The molecule has 105 heavy (non-hydrogen) atoms. The van der Waals surface area contributed by atoms with Crippen molar-refractivity contribution in [1.82, 2.24) is 92.5 Å². The number of carboxylic acid groups (broad SMARTS) is 2. The van der Waals surface area contributed by atoms with E-state index in [1.165, 1.54) is 44.5 Å². The van der Waals surface area contributed by atoms with E-state index in [1.807, 2.05) is 0 Å². The number of aliphatic hydroxyl groups is 4. The standard InChI is InChI=1S/C63H96N22O20/c1-29(2)12-38(53(95)75-39(13-32-19-67-26-72-32)54(96)76-40(14-33-20-68-27-73-33)55(97)79-42(62(104)105)15-34-21-69-28-74-34)77-56(98)44-9-7-11-83(44)60(102)41(18-48(91)92)78-57(99)45-16-35(88)23-84(45)47(90)22-71-52(94)43(25-86)80-58(100)46-17-36(89)24-85(46)61(103)49(30(3)4)81-59(101)50(31(5)87)82-51(93)37(64)8-6-10-70-63(65)66/h19-21,26-31,35-46,49-50,86-89H,6-18,22-25,64H2,1-5H3,(H,67,72)(H,68,73)(H,69,74)(H,71,94)(H,75,95)(H,76,96)(H,77,98)(H,78,99)(H,79,97)(H,80,100)(H,81,101)(H,82,93)(H,91,92)(H,104,105)(H4,65,66,70)/t31-,35-,36-,37+,38+,39+,40+,41+,42+,43+,44+,45+,46+,49+,50+/m1/s1. The van der Waals surface area contributed by atoms with Crippen molar-refractivity contribution >= 4 is 88.8 Å². The minimum absolute atomic E-state index is 0.0119. The summed E-state index contributed by atoms with van der Waals surface area (Å²) < 4.78 is 0. The maximum Gasteiger partial charge on any atom is 0.326 e. The Bertz CT molecular complexity index is 3540. The first-order valence-corrected chi connectivity index (χ1v) is 34.1. The first kappa shape index (κ1) is 83.2. The molecule has 0 radical (unpaired) electrons. The van der Waals surface area contributed by atoms with Gasteiger partial charge in [-0.05, 0) is 50.9 Å². The molecular formula is C63H96N22O20. The molecule has 3 aromatic rings. The van der Waals surface area contributed by atoms with Gasteiger partial charge >= 0.3 is 11.9 Å². The van der Waals surface area contributed by atoms with E-state index in [9.17, 15) is 97.8 Å². The number of nitrogens with one attached hydrogen (secondary N) is 12. The molecule has 0 aliphatic carbocycles. The van der Waals surface area contributed by atoms with Gasteiger partial charge in [0.2, 0.25) is 70.9 Å². The lowest BCUT2D eigenvalue weighted by Gasteiger charge is -2.32. The maximum absolute atomic E-state index is 14.5. The molecule has 6 rings (SSSR count). The van der Waals surface area contributed by atoms with Crippen LogP contribution in [0, 0.1) is 11.8 Å². The van der Waals surface area contributed by atoms with Crippen LogP contribution >= 0.6 is 0 Å². The highest BCUT2D eigenvalue weighted by Gasteiger charge is 2.47. The highest BCUT2D eigenvalue weighted by Crippen LogP contribution is 2.25. The maximum atomic E-state index is 14.5. The Balaban J connectivity index is 1.08. The number of hydrogen-bond donors (Lipinski definition) is 21. The molecule has 3 saturated heterocycles. The minimum Gasteiger partial charge on any atom is -0.481 e. The summed E-state index contributed by atoms with van der Waals surface area (Å²) in [6.45, 7) is 4.81. The number of carboxylic acids is 2. The highest BCUT2D eigenvalue weighted by atomic mass is 16.4. The van der Waals surface area contributed by atoms with E-state index < -0.39 is 219 Å². The molecule has 3 aromatic heterocycles.